The monoisotopic (exact) mass is 711 g/mol. The average Bonchev–Trinajstić information content (AvgIpc) is 2.99. The molecule has 2 atom stereocenters. The predicted octanol–water partition coefficient (Wildman–Crippen LogP) is 8.39. The first-order valence-electron chi connectivity index (χ1n) is 17.5. The van der Waals surface area contributed by atoms with E-state index in [0.717, 1.165) is 41.6 Å². The first-order chi connectivity index (χ1) is 22.1. The minimum atomic E-state index is -0.150. The summed E-state index contributed by atoms with van der Waals surface area (Å²) in [4.78, 5) is 9.88. The number of phenols is 2. The first kappa shape index (κ1) is 42.5. The molecule has 4 rings (SSSR count). The molecule has 0 aliphatic carbocycles. The molecule has 0 unspecified atom stereocenters. The van der Waals surface area contributed by atoms with Crippen LogP contribution in [0.15, 0.2) is 54.6 Å². The Labute approximate surface area is 307 Å². The van der Waals surface area contributed by atoms with E-state index in [2.05, 4.69) is 123 Å². The van der Waals surface area contributed by atoms with Crippen LogP contribution in [0.4, 0.5) is 0 Å². The number of hydrogen-bond acceptors (Lipinski definition) is 6. The van der Waals surface area contributed by atoms with Gasteiger partial charge in [-0.1, -0.05) is 113 Å². The molecule has 3 aromatic rings. The normalized spacial score (nSPS) is 17.1. The summed E-state index contributed by atoms with van der Waals surface area (Å²) in [5.74, 6) is 0.798. The molecule has 1 fully saturated rings. The SMILES string of the molecule is CC(C)(C)c1cc(CN[C@H]2NCCC[C@@H]2NCc2cc(C(C)(C)C)cc(C(C)(C)C)c2O)c(O)c(C(C)(C)C)c1.O=[C-]c1ccccc1.[Mn]. The second kappa shape index (κ2) is 17.0. The number of aromatic hydroxyl groups is 2. The van der Waals surface area contributed by atoms with Crippen LogP contribution in [0.5, 0.6) is 11.5 Å². The van der Waals surface area contributed by atoms with E-state index in [1.165, 1.54) is 11.1 Å². The maximum absolute atomic E-state index is 11.3. The molecule has 1 aliphatic heterocycles. The third-order valence-electron chi connectivity index (χ3n) is 9.14. The molecule has 3 aromatic carbocycles. The van der Waals surface area contributed by atoms with E-state index < -0.39 is 0 Å². The van der Waals surface area contributed by atoms with Gasteiger partial charge < -0.3 is 25.6 Å². The molecular weight excluding hydrogens is 649 g/mol. The Bertz CT molecular complexity index is 1420. The zero-order chi connectivity index (χ0) is 36.1. The van der Waals surface area contributed by atoms with Gasteiger partial charge in [0.15, 0.2) is 0 Å². The van der Waals surface area contributed by atoms with E-state index in [0.29, 0.717) is 30.2 Å². The van der Waals surface area contributed by atoms with Gasteiger partial charge in [0.1, 0.15) is 11.5 Å². The van der Waals surface area contributed by atoms with Crippen molar-refractivity contribution < 1.29 is 32.1 Å². The number of benzene rings is 3. The van der Waals surface area contributed by atoms with Crippen LogP contribution in [0, 0.1) is 0 Å². The minimum Gasteiger partial charge on any atom is -0.507 e. The molecule has 1 radical (unpaired) electrons. The van der Waals surface area contributed by atoms with Gasteiger partial charge in [0, 0.05) is 47.3 Å². The number of phenolic OH excluding ortho intramolecular Hbond substituents is 2. The van der Waals surface area contributed by atoms with E-state index in [9.17, 15) is 15.0 Å². The quantitative estimate of drug-likeness (QED) is 0.125. The summed E-state index contributed by atoms with van der Waals surface area (Å²) < 4.78 is 0. The van der Waals surface area contributed by atoms with Crippen LogP contribution in [0.25, 0.3) is 0 Å². The third-order valence-corrected chi connectivity index (χ3v) is 9.14. The summed E-state index contributed by atoms with van der Waals surface area (Å²) in [7, 11) is 0. The minimum absolute atomic E-state index is 0. The van der Waals surface area contributed by atoms with Crippen molar-refractivity contribution in [3.8, 4) is 11.5 Å². The molecular formula is C42H62MnN3O3-. The van der Waals surface area contributed by atoms with Crippen LogP contribution in [0.2, 0.25) is 0 Å². The zero-order valence-electron chi connectivity index (χ0n) is 32.1. The summed E-state index contributed by atoms with van der Waals surface area (Å²) in [6, 6.07) is 17.8. The van der Waals surface area contributed by atoms with Crippen LogP contribution in [-0.4, -0.2) is 35.3 Å². The van der Waals surface area contributed by atoms with Crippen molar-refractivity contribution in [2.24, 2.45) is 0 Å². The van der Waals surface area contributed by atoms with E-state index in [1.807, 2.05) is 6.07 Å². The molecule has 1 saturated heterocycles. The summed E-state index contributed by atoms with van der Waals surface area (Å²) in [6.45, 7) is 28.4. The van der Waals surface area contributed by atoms with Gasteiger partial charge in [0.05, 0.1) is 12.5 Å². The summed E-state index contributed by atoms with van der Waals surface area (Å²) in [5, 5.41) is 33.7. The Kier molecular flexibility index (Phi) is 14.8. The van der Waals surface area contributed by atoms with Gasteiger partial charge in [-0.2, -0.15) is 17.7 Å². The maximum Gasteiger partial charge on any atom is 0.123 e. The molecule has 7 heteroatoms. The van der Waals surface area contributed by atoms with Crippen molar-refractivity contribution in [1.29, 1.82) is 0 Å². The van der Waals surface area contributed by atoms with Crippen molar-refractivity contribution in [3.05, 3.63) is 93.5 Å². The summed E-state index contributed by atoms with van der Waals surface area (Å²) in [5.41, 5.74) is 6.65. The third kappa shape index (κ3) is 12.0. The summed E-state index contributed by atoms with van der Waals surface area (Å²) >= 11 is 0. The van der Waals surface area contributed by atoms with E-state index >= 15 is 0 Å². The smallest absolute Gasteiger partial charge is 0.123 e. The van der Waals surface area contributed by atoms with Crippen LogP contribution in [0.3, 0.4) is 0 Å². The molecule has 0 spiro atoms. The van der Waals surface area contributed by atoms with Gasteiger partial charge in [0.25, 0.3) is 0 Å². The second-order valence-corrected chi connectivity index (χ2v) is 17.5. The van der Waals surface area contributed by atoms with Gasteiger partial charge >= 0.3 is 0 Å². The van der Waals surface area contributed by atoms with Crippen molar-refractivity contribution in [2.45, 2.75) is 143 Å². The van der Waals surface area contributed by atoms with E-state index in [1.54, 1.807) is 30.6 Å². The van der Waals surface area contributed by atoms with Crippen molar-refractivity contribution in [2.75, 3.05) is 6.54 Å². The van der Waals surface area contributed by atoms with Gasteiger partial charge in [-0.05, 0) is 63.3 Å². The topological polar surface area (TPSA) is 93.6 Å². The van der Waals surface area contributed by atoms with Crippen molar-refractivity contribution in [3.63, 3.8) is 0 Å². The van der Waals surface area contributed by atoms with Crippen LogP contribution < -0.4 is 16.0 Å². The van der Waals surface area contributed by atoms with Gasteiger partial charge in [-0.25, -0.2) is 0 Å². The molecule has 271 valence electrons. The molecule has 6 nitrogen and oxygen atoms in total. The average molecular weight is 712 g/mol. The number of piperidine rings is 1. The Morgan fingerprint density at radius 2 is 1.14 bits per heavy atom. The molecule has 0 amide bonds. The second-order valence-electron chi connectivity index (χ2n) is 17.5. The van der Waals surface area contributed by atoms with E-state index in [-0.39, 0.29) is 50.9 Å². The first-order valence-corrected chi connectivity index (χ1v) is 17.5. The van der Waals surface area contributed by atoms with Crippen LogP contribution in [0.1, 0.15) is 135 Å². The van der Waals surface area contributed by atoms with Crippen LogP contribution in [-0.2, 0) is 56.6 Å². The van der Waals surface area contributed by atoms with Crippen LogP contribution >= 0.6 is 0 Å². The number of nitrogens with one attached hydrogen (secondary N) is 3. The molecule has 0 bridgehead atoms. The number of hydrogen-bond donors (Lipinski definition) is 5. The van der Waals surface area contributed by atoms with Gasteiger partial charge in [0.2, 0.25) is 0 Å². The Morgan fingerprint density at radius 3 is 1.53 bits per heavy atom. The van der Waals surface area contributed by atoms with Crippen molar-refractivity contribution in [1.82, 2.24) is 16.0 Å². The number of carbonyl (C=O) groups excluding carboxylic acids is 1. The Hall–Kier alpha value is -2.67. The molecule has 0 saturated carbocycles. The molecule has 49 heavy (non-hydrogen) atoms. The molecule has 1 aliphatic rings. The molecule has 1 heterocycles. The fraction of sp³-hybridized carbons (Fsp3) is 0.548. The predicted molar refractivity (Wildman–Crippen MR) is 201 cm³/mol. The molecule has 0 aromatic heterocycles. The Balaban J connectivity index is 0.000000810. The summed E-state index contributed by atoms with van der Waals surface area (Å²) in [6.07, 6.45) is 3.96. The molecule has 5 N–H and O–H groups in total. The van der Waals surface area contributed by atoms with Crippen molar-refractivity contribution >= 4 is 6.29 Å². The van der Waals surface area contributed by atoms with Gasteiger partial charge in [-0.15, -0.1) is 12.1 Å². The number of rotatable bonds is 7. The fourth-order valence-corrected chi connectivity index (χ4v) is 5.96. The fourth-order valence-electron chi connectivity index (χ4n) is 5.96. The Morgan fingerprint density at radius 1 is 0.694 bits per heavy atom. The standard InChI is InChI=1S/C35H57N3O2.C7H5O.Mn/c1-32(2,3)24-16-22(29(39)26(18-24)34(7,8)9)20-37-28-14-13-15-36-31(28)38-21-23-17-25(33(4,5)6)19-27(30(23)40)35(10,11)12;8-6-7-4-2-1-3-5-7;/h16-19,28,31,36-40H,13-15,20-21H2,1-12H3;1-5H;/q;-1;/t28-,31+;;/m0../s1. The van der Waals surface area contributed by atoms with E-state index in [4.69, 9.17) is 0 Å². The maximum atomic E-state index is 11.3. The zero-order valence-corrected chi connectivity index (χ0v) is 33.2. The largest absolute Gasteiger partial charge is 0.507 e. The van der Waals surface area contributed by atoms with Gasteiger partial charge in [-0.3, -0.25) is 5.32 Å².